The van der Waals surface area contributed by atoms with Crippen molar-refractivity contribution in [1.29, 1.82) is 0 Å². The predicted octanol–water partition coefficient (Wildman–Crippen LogP) is 2.75. The minimum absolute atomic E-state index is 0.206. The molecule has 1 amide bonds. The van der Waals surface area contributed by atoms with Crippen molar-refractivity contribution < 1.29 is 18.0 Å². The van der Waals surface area contributed by atoms with Gasteiger partial charge in [-0.25, -0.2) is 9.97 Å². The number of amides is 1. The molecule has 0 aromatic carbocycles. The van der Waals surface area contributed by atoms with Crippen LogP contribution in [0, 0.1) is 0 Å². The molecule has 9 heteroatoms. The van der Waals surface area contributed by atoms with Gasteiger partial charge in [0.2, 0.25) is 0 Å². The van der Waals surface area contributed by atoms with Crippen LogP contribution < -0.4 is 0 Å². The number of aromatic nitrogens is 3. The lowest BCUT2D eigenvalue weighted by Gasteiger charge is -2.16. The second-order valence-electron chi connectivity index (χ2n) is 4.29. The number of aromatic amines is 1. The molecule has 2 aromatic rings. The molecule has 2 heterocycles. The van der Waals surface area contributed by atoms with E-state index in [0.717, 1.165) is 0 Å². The first-order valence-electron chi connectivity index (χ1n) is 5.74. The van der Waals surface area contributed by atoms with Crippen LogP contribution in [-0.2, 0) is 12.7 Å². The van der Waals surface area contributed by atoms with Gasteiger partial charge in [0.25, 0.3) is 5.91 Å². The number of pyridine rings is 1. The number of hydrogen-bond donors (Lipinski definition) is 1. The van der Waals surface area contributed by atoms with Crippen LogP contribution in [0.15, 0.2) is 24.8 Å². The fraction of sp³-hybridized carbons (Fsp3) is 0.250. The minimum Gasteiger partial charge on any atom is -0.347 e. The predicted molar refractivity (Wildman–Crippen MR) is 68.6 cm³/mol. The zero-order chi connectivity index (χ0) is 15.6. The highest BCUT2D eigenvalue weighted by molar-refractivity contribution is 6.33. The first-order chi connectivity index (χ1) is 9.79. The molecule has 0 atom stereocenters. The lowest BCUT2D eigenvalue weighted by Crippen LogP contribution is -2.27. The maximum atomic E-state index is 12.5. The van der Waals surface area contributed by atoms with E-state index in [1.165, 1.54) is 24.5 Å². The topological polar surface area (TPSA) is 61.9 Å². The van der Waals surface area contributed by atoms with E-state index in [1.54, 1.807) is 0 Å². The second-order valence-corrected chi connectivity index (χ2v) is 4.70. The Morgan fingerprint density at radius 1 is 1.43 bits per heavy atom. The van der Waals surface area contributed by atoms with E-state index < -0.39 is 17.6 Å². The second kappa shape index (κ2) is 5.72. The molecule has 0 spiro atoms. The van der Waals surface area contributed by atoms with Crippen LogP contribution in [0.1, 0.15) is 21.7 Å². The Morgan fingerprint density at radius 3 is 2.67 bits per heavy atom. The SMILES string of the molecule is CN(Cc1cnc[nH]1)C(=O)c1ncc(C(F)(F)F)cc1Cl. The third-order valence-electron chi connectivity index (χ3n) is 2.68. The number of nitrogens with zero attached hydrogens (tertiary/aromatic N) is 3. The van der Waals surface area contributed by atoms with Crippen molar-refractivity contribution in [3.05, 3.63) is 46.8 Å². The van der Waals surface area contributed by atoms with E-state index in [9.17, 15) is 18.0 Å². The maximum absolute atomic E-state index is 12.5. The van der Waals surface area contributed by atoms with E-state index in [-0.39, 0.29) is 17.3 Å². The molecular weight excluding hydrogens is 309 g/mol. The fourth-order valence-electron chi connectivity index (χ4n) is 1.63. The summed E-state index contributed by atoms with van der Waals surface area (Å²) in [4.78, 5) is 23.5. The number of halogens is 4. The average Bonchev–Trinajstić information content (AvgIpc) is 2.89. The van der Waals surface area contributed by atoms with Crippen molar-refractivity contribution in [2.24, 2.45) is 0 Å². The van der Waals surface area contributed by atoms with Crippen molar-refractivity contribution in [3.8, 4) is 0 Å². The van der Waals surface area contributed by atoms with Gasteiger partial charge in [0.1, 0.15) is 5.69 Å². The molecule has 0 aliphatic rings. The molecule has 1 N–H and O–H groups in total. The van der Waals surface area contributed by atoms with Crippen molar-refractivity contribution in [2.75, 3.05) is 7.05 Å². The van der Waals surface area contributed by atoms with Gasteiger partial charge in [-0.3, -0.25) is 4.79 Å². The van der Waals surface area contributed by atoms with E-state index >= 15 is 0 Å². The largest absolute Gasteiger partial charge is 0.417 e. The molecule has 0 saturated heterocycles. The number of imidazole rings is 1. The molecule has 2 aromatic heterocycles. The molecule has 0 aliphatic heterocycles. The number of rotatable bonds is 3. The molecule has 2 rings (SSSR count). The third kappa shape index (κ3) is 3.52. The Hall–Kier alpha value is -2.09. The summed E-state index contributed by atoms with van der Waals surface area (Å²) in [6, 6.07) is 0.686. The summed E-state index contributed by atoms with van der Waals surface area (Å²) in [6.45, 7) is 0.206. The van der Waals surface area contributed by atoms with Crippen LogP contribution >= 0.6 is 11.6 Å². The Kier molecular flexibility index (Phi) is 4.17. The highest BCUT2D eigenvalue weighted by Gasteiger charge is 2.32. The van der Waals surface area contributed by atoms with Crippen LogP contribution in [-0.4, -0.2) is 32.8 Å². The molecule has 5 nitrogen and oxygen atoms in total. The Balaban J connectivity index is 2.19. The van der Waals surface area contributed by atoms with Crippen LogP contribution in [0.5, 0.6) is 0 Å². The quantitative estimate of drug-likeness (QED) is 0.946. The lowest BCUT2D eigenvalue weighted by atomic mass is 10.2. The monoisotopic (exact) mass is 318 g/mol. The number of nitrogens with one attached hydrogen (secondary N) is 1. The van der Waals surface area contributed by atoms with Gasteiger partial charge < -0.3 is 9.88 Å². The molecule has 0 saturated carbocycles. The van der Waals surface area contributed by atoms with Gasteiger partial charge in [0.15, 0.2) is 0 Å². The first kappa shape index (κ1) is 15.3. The van der Waals surface area contributed by atoms with Crippen LogP contribution in [0.3, 0.4) is 0 Å². The Morgan fingerprint density at radius 2 is 2.14 bits per heavy atom. The highest BCUT2D eigenvalue weighted by atomic mass is 35.5. The zero-order valence-corrected chi connectivity index (χ0v) is 11.5. The summed E-state index contributed by atoms with van der Waals surface area (Å²) in [5.41, 5.74) is -0.555. The van der Waals surface area contributed by atoms with Gasteiger partial charge in [-0.1, -0.05) is 11.6 Å². The molecule has 0 radical (unpaired) electrons. The van der Waals surface area contributed by atoms with Gasteiger partial charge in [-0.15, -0.1) is 0 Å². The van der Waals surface area contributed by atoms with Gasteiger partial charge in [0, 0.05) is 19.4 Å². The van der Waals surface area contributed by atoms with Crippen LogP contribution in [0.4, 0.5) is 13.2 Å². The standard InChI is InChI=1S/C12H10ClF3N4O/c1-20(5-8-4-17-6-19-8)11(21)10-9(13)2-7(3-18-10)12(14,15)16/h2-4,6H,5H2,1H3,(H,17,19). The van der Waals surface area contributed by atoms with Crippen LogP contribution in [0.25, 0.3) is 0 Å². The molecule has 21 heavy (non-hydrogen) atoms. The molecule has 0 aliphatic carbocycles. The maximum Gasteiger partial charge on any atom is 0.417 e. The number of carbonyl (C=O) groups excluding carboxylic acids is 1. The molecule has 0 fully saturated rings. The summed E-state index contributed by atoms with van der Waals surface area (Å²) in [6.07, 6.45) is -0.980. The van der Waals surface area contributed by atoms with E-state index in [1.807, 2.05) is 0 Å². The molecule has 0 bridgehead atoms. The number of alkyl halides is 3. The average molecular weight is 319 g/mol. The van der Waals surface area contributed by atoms with Crippen molar-refractivity contribution in [3.63, 3.8) is 0 Å². The first-order valence-corrected chi connectivity index (χ1v) is 6.12. The van der Waals surface area contributed by atoms with Gasteiger partial charge in [0.05, 0.1) is 29.2 Å². The zero-order valence-electron chi connectivity index (χ0n) is 10.8. The Bertz CT molecular complexity index is 642. The summed E-state index contributed by atoms with van der Waals surface area (Å²) >= 11 is 5.73. The lowest BCUT2D eigenvalue weighted by molar-refractivity contribution is -0.137. The molecule has 0 unspecified atom stereocenters. The summed E-state index contributed by atoms with van der Waals surface area (Å²) in [7, 11) is 1.48. The summed E-state index contributed by atoms with van der Waals surface area (Å²) in [5.74, 6) is -0.580. The van der Waals surface area contributed by atoms with E-state index in [4.69, 9.17) is 11.6 Å². The summed E-state index contributed by atoms with van der Waals surface area (Å²) in [5, 5.41) is -0.341. The third-order valence-corrected chi connectivity index (χ3v) is 2.97. The molecule has 112 valence electrons. The van der Waals surface area contributed by atoms with E-state index in [2.05, 4.69) is 15.0 Å². The fourth-order valence-corrected chi connectivity index (χ4v) is 1.88. The van der Waals surface area contributed by atoms with Gasteiger partial charge in [-0.05, 0) is 6.07 Å². The number of carbonyl (C=O) groups is 1. The molecular formula is C12H10ClF3N4O. The Labute approximate surface area is 122 Å². The van der Waals surface area contributed by atoms with Crippen LogP contribution in [0.2, 0.25) is 5.02 Å². The number of hydrogen-bond acceptors (Lipinski definition) is 3. The van der Waals surface area contributed by atoms with Gasteiger partial charge in [-0.2, -0.15) is 13.2 Å². The van der Waals surface area contributed by atoms with Crippen molar-refractivity contribution in [2.45, 2.75) is 12.7 Å². The minimum atomic E-state index is -4.56. The van der Waals surface area contributed by atoms with Crippen molar-refractivity contribution >= 4 is 17.5 Å². The number of H-pyrrole nitrogens is 1. The van der Waals surface area contributed by atoms with Crippen molar-refractivity contribution in [1.82, 2.24) is 19.9 Å². The normalized spacial score (nSPS) is 11.5. The smallest absolute Gasteiger partial charge is 0.347 e. The van der Waals surface area contributed by atoms with E-state index in [0.29, 0.717) is 18.0 Å². The summed E-state index contributed by atoms with van der Waals surface area (Å²) < 4.78 is 37.5. The van der Waals surface area contributed by atoms with Gasteiger partial charge >= 0.3 is 6.18 Å². The highest BCUT2D eigenvalue weighted by Crippen LogP contribution is 2.31.